The number of nitrogens with one attached hydrogen (secondary N) is 2. The Hall–Kier alpha value is -2.22. The molecule has 2 aliphatic rings. The Bertz CT molecular complexity index is 886. The summed E-state index contributed by atoms with van der Waals surface area (Å²) < 4.78 is 16.0. The molecule has 1 aliphatic carbocycles. The molecule has 2 fully saturated rings. The topological polar surface area (TPSA) is 83.0 Å². The van der Waals surface area contributed by atoms with E-state index in [9.17, 15) is 14.0 Å². The number of hydrogen-bond acceptors (Lipinski definition) is 5. The molecule has 0 bridgehead atoms. The predicted molar refractivity (Wildman–Crippen MR) is 84.5 cm³/mol. The fourth-order valence-corrected chi connectivity index (χ4v) is 3.22. The van der Waals surface area contributed by atoms with Crippen molar-refractivity contribution in [1.82, 2.24) is 19.9 Å². The molecule has 0 amide bonds. The fourth-order valence-electron chi connectivity index (χ4n) is 3.22. The lowest BCUT2D eigenvalue weighted by molar-refractivity contribution is 0.604. The molecule has 122 valence electrons. The molecular weight excluding hydrogens is 301 g/mol. The summed E-state index contributed by atoms with van der Waals surface area (Å²) in [5.74, 6) is -0.310. The average Bonchev–Trinajstić information content (AvgIpc) is 3.23. The summed E-state index contributed by atoms with van der Waals surface area (Å²) in [6.45, 7) is 1.35. The Labute approximate surface area is 131 Å². The van der Waals surface area contributed by atoms with Crippen molar-refractivity contribution < 1.29 is 4.39 Å². The smallest absolute Gasteiger partial charge is 0.330 e. The zero-order valence-electron chi connectivity index (χ0n) is 12.8. The van der Waals surface area contributed by atoms with E-state index in [1.807, 2.05) is 11.9 Å². The van der Waals surface area contributed by atoms with E-state index >= 15 is 0 Å². The third kappa shape index (κ3) is 2.33. The molecule has 0 aromatic carbocycles. The molecule has 1 saturated carbocycles. The summed E-state index contributed by atoms with van der Waals surface area (Å²) in [6, 6.07) is 1.54. The summed E-state index contributed by atoms with van der Waals surface area (Å²) in [5.41, 5.74) is -0.774. The molecule has 2 aromatic rings. The van der Waals surface area contributed by atoms with E-state index in [0.29, 0.717) is 13.1 Å². The summed E-state index contributed by atoms with van der Waals surface area (Å²) in [4.78, 5) is 32.6. The maximum absolute atomic E-state index is 14.5. The third-order valence-corrected chi connectivity index (χ3v) is 4.66. The lowest BCUT2D eigenvalue weighted by Gasteiger charge is -2.19. The van der Waals surface area contributed by atoms with Gasteiger partial charge in [0.05, 0.1) is 5.39 Å². The molecule has 1 unspecified atom stereocenters. The van der Waals surface area contributed by atoms with Gasteiger partial charge in [-0.1, -0.05) is 0 Å². The molecule has 0 spiro atoms. The van der Waals surface area contributed by atoms with Crippen LogP contribution in [0.25, 0.3) is 11.0 Å². The lowest BCUT2D eigenvalue weighted by Crippen LogP contribution is -2.32. The summed E-state index contributed by atoms with van der Waals surface area (Å²) in [5, 5.41) is 3.30. The highest BCUT2D eigenvalue weighted by Crippen LogP contribution is 2.35. The molecule has 8 heteroatoms. The Morgan fingerprint density at radius 2 is 2.13 bits per heavy atom. The van der Waals surface area contributed by atoms with Crippen molar-refractivity contribution in [3.8, 4) is 0 Å². The molecule has 2 aromatic heterocycles. The molecule has 23 heavy (non-hydrogen) atoms. The third-order valence-electron chi connectivity index (χ3n) is 4.66. The number of rotatable bonds is 3. The van der Waals surface area contributed by atoms with Gasteiger partial charge in [0.25, 0.3) is 5.56 Å². The zero-order valence-corrected chi connectivity index (χ0v) is 12.8. The minimum absolute atomic E-state index is 0.0521. The quantitative estimate of drug-likeness (QED) is 0.853. The van der Waals surface area contributed by atoms with E-state index in [1.54, 1.807) is 0 Å². The van der Waals surface area contributed by atoms with Gasteiger partial charge >= 0.3 is 5.69 Å². The number of anilines is 1. The Kier molecular flexibility index (Phi) is 3.22. The number of nitrogens with zero attached hydrogens (tertiary/aromatic N) is 3. The molecule has 1 aliphatic heterocycles. The van der Waals surface area contributed by atoms with Crippen LogP contribution in [0, 0.1) is 5.82 Å². The van der Waals surface area contributed by atoms with Gasteiger partial charge in [0, 0.05) is 25.2 Å². The van der Waals surface area contributed by atoms with Gasteiger partial charge in [-0.25, -0.2) is 14.2 Å². The minimum Gasteiger partial charge on any atom is -0.352 e. The van der Waals surface area contributed by atoms with E-state index in [0.717, 1.165) is 19.3 Å². The number of likely N-dealkylation sites (N-methyl/N-ethyl adjacent to an activating group) is 1. The van der Waals surface area contributed by atoms with Crippen LogP contribution >= 0.6 is 0 Å². The Morgan fingerprint density at radius 3 is 2.78 bits per heavy atom. The van der Waals surface area contributed by atoms with E-state index in [2.05, 4.69) is 15.3 Å². The van der Waals surface area contributed by atoms with Crippen molar-refractivity contribution in [2.45, 2.75) is 31.3 Å². The highest BCUT2D eigenvalue weighted by molar-refractivity contribution is 5.76. The van der Waals surface area contributed by atoms with Gasteiger partial charge < -0.3 is 10.2 Å². The fraction of sp³-hybridized carbons (Fsp3) is 0.533. The van der Waals surface area contributed by atoms with Gasteiger partial charge in [-0.15, -0.1) is 0 Å². The van der Waals surface area contributed by atoms with Crippen molar-refractivity contribution in [2.75, 3.05) is 25.0 Å². The second-order valence-corrected chi connectivity index (χ2v) is 6.25. The van der Waals surface area contributed by atoms with Gasteiger partial charge in [-0.3, -0.25) is 14.3 Å². The molecule has 4 rings (SSSR count). The second-order valence-electron chi connectivity index (χ2n) is 6.25. The Balaban J connectivity index is 1.90. The Morgan fingerprint density at radius 1 is 1.35 bits per heavy atom. The van der Waals surface area contributed by atoms with Crippen LogP contribution < -0.4 is 21.5 Å². The zero-order chi connectivity index (χ0) is 16.1. The summed E-state index contributed by atoms with van der Waals surface area (Å²) in [6.07, 6.45) is 2.66. The number of aromatic nitrogens is 3. The number of hydrogen-bond donors (Lipinski definition) is 2. The minimum atomic E-state index is -0.589. The van der Waals surface area contributed by atoms with Crippen LogP contribution in [-0.2, 0) is 0 Å². The van der Waals surface area contributed by atoms with Crippen LogP contribution in [0.15, 0.2) is 15.7 Å². The molecule has 0 radical (unpaired) electrons. The van der Waals surface area contributed by atoms with Crippen molar-refractivity contribution in [1.29, 1.82) is 0 Å². The van der Waals surface area contributed by atoms with E-state index < -0.39 is 17.1 Å². The lowest BCUT2D eigenvalue weighted by atomic mass is 10.3. The van der Waals surface area contributed by atoms with Crippen LogP contribution in [0.1, 0.15) is 25.3 Å². The van der Waals surface area contributed by atoms with Gasteiger partial charge in [0.1, 0.15) is 0 Å². The highest BCUT2D eigenvalue weighted by Gasteiger charge is 2.30. The molecular formula is C15H18FN5O2. The largest absolute Gasteiger partial charge is 0.352 e. The molecule has 3 heterocycles. The van der Waals surface area contributed by atoms with Gasteiger partial charge in [0.15, 0.2) is 17.3 Å². The van der Waals surface area contributed by atoms with Crippen LogP contribution in [0.3, 0.4) is 0 Å². The maximum Gasteiger partial charge on any atom is 0.330 e. The molecule has 7 nitrogen and oxygen atoms in total. The number of fused-ring (bicyclic) bond motifs is 1. The van der Waals surface area contributed by atoms with Crippen LogP contribution in [0.5, 0.6) is 0 Å². The first-order chi connectivity index (χ1) is 11.1. The van der Waals surface area contributed by atoms with Crippen molar-refractivity contribution in [3.05, 3.63) is 32.7 Å². The first-order valence-corrected chi connectivity index (χ1v) is 7.85. The normalized spacial score (nSPS) is 21.3. The van der Waals surface area contributed by atoms with Crippen molar-refractivity contribution >= 4 is 16.9 Å². The average molecular weight is 319 g/mol. The van der Waals surface area contributed by atoms with Gasteiger partial charge in [-0.2, -0.15) is 0 Å². The van der Waals surface area contributed by atoms with Crippen LogP contribution in [0.2, 0.25) is 0 Å². The number of pyridine rings is 1. The predicted octanol–water partition coefficient (Wildman–Crippen LogP) is 0.357. The molecule has 1 saturated heterocycles. The standard InChI is InChI=1S/C15H18FN5O2/c1-17-8-4-5-20(7-8)13-11(16)6-10-12(18-13)21(9-2-3-9)15(23)19-14(10)22/h6,8-9,17H,2-5,7H2,1H3,(H,19,22,23). The monoisotopic (exact) mass is 319 g/mol. The van der Waals surface area contributed by atoms with Crippen molar-refractivity contribution in [3.63, 3.8) is 0 Å². The second kappa shape index (κ2) is 5.16. The number of halogens is 1. The van der Waals surface area contributed by atoms with E-state index in [-0.39, 0.29) is 28.9 Å². The highest BCUT2D eigenvalue weighted by atomic mass is 19.1. The van der Waals surface area contributed by atoms with Crippen LogP contribution in [-0.4, -0.2) is 40.7 Å². The first-order valence-electron chi connectivity index (χ1n) is 7.85. The van der Waals surface area contributed by atoms with Gasteiger partial charge in [-0.05, 0) is 32.4 Å². The SMILES string of the molecule is CNC1CCN(c2nc3c(cc2F)c(=O)[nH]c(=O)n3C2CC2)C1. The van der Waals surface area contributed by atoms with Crippen molar-refractivity contribution in [2.24, 2.45) is 0 Å². The maximum atomic E-state index is 14.5. The van der Waals surface area contributed by atoms with E-state index in [4.69, 9.17) is 0 Å². The summed E-state index contributed by atoms with van der Waals surface area (Å²) in [7, 11) is 1.88. The molecule has 1 atom stereocenters. The number of H-pyrrole nitrogens is 1. The van der Waals surface area contributed by atoms with E-state index in [1.165, 1.54) is 10.6 Å². The van der Waals surface area contributed by atoms with Gasteiger partial charge in [0.2, 0.25) is 0 Å². The molecule has 2 N–H and O–H groups in total. The first kappa shape index (κ1) is 14.4. The summed E-state index contributed by atoms with van der Waals surface area (Å²) >= 11 is 0. The number of aromatic amines is 1. The van der Waals surface area contributed by atoms with Crippen LogP contribution in [0.4, 0.5) is 10.2 Å².